The molecule has 19 heavy (non-hydrogen) atoms. The van der Waals surface area contributed by atoms with Gasteiger partial charge < -0.3 is 10.2 Å². The van der Waals surface area contributed by atoms with Crippen molar-refractivity contribution in [3.63, 3.8) is 0 Å². The minimum atomic E-state index is -0.252. The molecule has 0 radical (unpaired) electrons. The Kier molecular flexibility index (Phi) is 4.19. The second-order valence-corrected chi connectivity index (χ2v) is 4.76. The molecule has 2 heterocycles. The molecule has 1 unspecified atom stereocenters. The van der Waals surface area contributed by atoms with Gasteiger partial charge >= 0.3 is 0 Å². The van der Waals surface area contributed by atoms with Crippen molar-refractivity contribution in [1.82, 2.24) is 14.7 Å². The van der Waals surface area contributed by atoms with Gasteiger partial charge in [-0.05, 0) is 13.3 Å². The molecule has 2 rings (SSSR count). The Morgan fingerprint density at radius 1 is 1.53 bits per heavy atom. The van der Waals surface area contributed by atoms with Crippen LogP contribution in [-0.4, -0.2) is 39.6 Å². The molecular weight excluding hydrogens is 244 g/mol. The number of anilines is 1. The largest absolute Gasteiger partial charge is 0.342 e. The van der Waals surface area contributed by atoms with Gasteiger partial charge in [0, 0.05) is 32.1 Å². The Balaban J connectivity index is 1.98. The minimum absolute atomic E-state index is 0.0599. The highest BCUT2D eigenvalue weighted by molar-refractivity contribution is 5.96. The second kappa shape index (κ2) is 5.86. The van der Waals surface area contributed by atoms with Crippen molar-refractivity contribution in [1.29, 1.82) is 0 Å². The van der Waals surface area contributed by atoms with E-state index in [2.05, 4.69) is 17.3 Å². The van der Waals surface area contributed by atoms with Crippen LogP contribution in [0.15, 0.2) is 12.3 Å². The number of hydrogen-bond donors (Lipinski definition) is 1. The Labute approximate surface area is 112 Å². The molecule has 1 saturated heterocycles. The number of carbonyl (C=O) groups is 2. The Morgan fingerprint density at radius 2 is 2.32 bits per heavy atom. The van der Waals surface area contributed by atoms with E-state index < -0.39 is 0 Å². The first kappa shape index (κ1) is 13.6. The van der Waals surface area contributed by atoms with Gasteiger partial charge in [-0.3, -0.25) is 9.59 Å². The quantitative estimate of drug-likeness (QED) is 0.866. The van der Waals surface area contributed by atoms with Crippen molar-refractivity contribution in [2.45, 2.75) is 33.2 Å². The summed E-state index contributed by atoms with van der Waals surface area (Å²) in [4.78, 5) is 25.5. The summed E-state index contributed by atoms with van der Waals surface area (Å²) in [6.07, 6.45) is 2.93. The summed E-state index contributed by atoms with van der Waals surface area (Å²) in [7, 11) is 0. The van der Waals surface area contributed by atoms with Gasteiger partial charge in [0.2, 0.25) is 11.8 Å². The standard InChI is InChI=1S/C13H20N4O2/c1-3-7-17-11(5-6-14-17)15-13(19)10-8-12(18)16(4-2)9-10/h5-6,10H,3-4,7-9H2,1-2H3,(H,15,19). The van der Waals surface area contributed by atoms with Crippen LogP contribution in [0.25, 0.3) is 0 Å². The predicted molar refractivity (Wildman–Crippen MR) is 71.5 cm³/mol. The molecule has 1 fully saturated rings. The first-order valence-corrected chi connectivity index (χ1v) is 6.76. The number of likely N-dealkylation sites (tertiary alicyclic amines) is 1. The van der Waals surface area contributed by atoms with E-state index in [0.717, 1.165) is 13.0 Å². The number of amides is 2. The van der Waals surface area contributed by atoms with Gasteiger partial charge in [0.1, 0.15) is 5.82 Å². The van der Waals surface area contributed by atoms with Crippen LogP contribution in [0, 0.1) is 5.92 Å². The molecule has 1 aromatic heterocycles. The van der Waals surface area contributed by atoms with Crippen LogP contribution >= 0.6 is 0 Å². The molecule has 104 valence electrons. The smallest absolute Gasteiger partial charge is 0.230 e. The van der Waals surface area contributed by atoms with E-state index in [0.29, 0.717) is 25.3 Å². The van der Waals surface area contributed by atoms with Crippen molar-refractivity contribution >= 4 is 17.6 Å². The fourth-order valence-corrected chi connectivity index (χ4v) is 2.31. The molecule has 0 bridgehead atoms. The predicted octanol–water partition coefficient (Wildman–Crippen LogP) is 1.10. The van der Waals surface area contributed by atoms with Gasteiger partial charge in [0.15, 0.2) is 0 Å². The number of hydrogen-bond acceptors (Lipinski definition) is 3. The first-order valence-electron chi connectivity index (χ1n) is 6.76. The van der Waals surface area contributed by atoms with Crippen LogP contribution in [0.4, 0.5) is 5.82 Å². The van der Waals surface area contributed by atoms with E-state index in [1.807, 2.05) is 6.92 Å². The lowest BCUT2D eigenvalue weighted by Crippen LogP contribution is -2.28. The zero-order valence-corrected chi connectivity index (χ0v) is 11.4. The van der Waals surface area contributed by atoms with Gasteiger partial charge in [-0.1, -0.05) is 6.92 Å². The molecule has 0 aromatic carbocycles. The van der Waals surface area contributed by atoms with Gasteiger partial charge in [0.25, 0.3) is 0 Å². The molecule has 0 aliphatic carbocycles. The molecule has 0 saturated carbocycles. The molecule has 1 N–H and O–H groups in total. The van der Waals surface area contributed by atoms with Crippen LogP contribution in [0.1, 0.15) is 26.7 Å². The molecule has 1 aliphatic rings. The van der Waals surface area contributed by atoms with Crippen LogP contribution < -0.4 is 5.32 Å². The summed E-state index contributed by atoms with van der Waals surface area (Å²) in [5.41, 5.74) is 0. The SMILES string of the molecule is CCCn1nccc1NC(=O)C1CC(=O)N(CC)C1. The third kappa shape index (κ3) is 2.94. The molecule has 2 amide bonds. The van der Waals surface area contributed by atoms with Crippen molar-refractivity contribution < 1.29 is 9.59 Å². The summed E-state index contributed by atoms with van der Waals surface area (Å²) in [5.74, 6) is 0.415. The van der Waals surface area contributed by atoms with E-state index in [4.69, 9.17) is 0 Å². The lowest BCUT2D eigenvalue weighted by atomic mass is 10.1. The fraction of sp³-hybridized carbons (Fsp3) is 0.615. The lowest BCUT2D eigenvalue weighted by molar-refractivity contribution is -0.128. The summed E-state index contributed by atoms with van der Waals surface area (Å²) in [6.45, 7) is 5.93. The molecule has 1 aliphatic heterocycles. The fourth-order valence-electron chi connectivity index (χ4n) is 2.31. The average molecular weight is 264 g/mol. The van der Waals surface area contributed by atoms with Gasteiger partial charge in [0.05, 0.1) is 12.1 Å². The van der Waals surface area contributed by atoms with Crippen LogP contribution in [0.5, 0.6) is 0 Å². The van der Waals surface area contributed by atoms with E-state index in [9.17, 15) is 9.59 Å². The third-order valence-corrected chi connectivity index (χ3v) is 3.37. The minimum Gasteiger partial charge on any atom is -0.342 e. The summed E-state index contributed by atoms with van der Waals surface area (Å²) < 4.78 is 1.77. The van der Waals surface area contributed by atoms with E-state index in [1.54, 1.807) is 21.8 Å². The number of aryl methyl sites for hydroxylation is 1. The van der Waals surface area contributed by atoms with Crippen LogP contribution in [-0.2, 0) is 16.1 Å². The maximum absolute atomic E-state index is 12.1. The maximum Gasteiger partial charge on any atom is 0.230 e. The number of rotatable bonds is 5. The van der Waals surface area contributed by atoms with E-state index >= 15 is 0 Å². The Morgan fingerprint density at radius 3 is 2.95 bits per heavy atom. The number of aromatic nitrogens is 2. The average Bonchev–Trinajstić information content (AvgIpc) is 2.97. The van der Waals surface area contributed by atoms with Gasteiger partial charge in [-0.15, -0.1) is 0 Å². The highest BCUT2D eigenvalue weighted by Crippen LogP contribution is 2.19. The summed E-state index contributed by atoms with van der Waals surface area (Å²) in [5, 5.41) is 7.02. The topological polar surface area (TPSA) is 67.2 Å². The van der Waals surface area contributed by atoms with Crippen LogP contribution in [0.2, 0.25) is 0 Å². The van der Waals surface area contributed by atoms with Gasteiger partial charge in [-0.2, -0.15) is 5.10 Å². The zero-order valence-electron chi connectivity index (χ0n) is 11.4. The van der Waals surface area contributed by atoms with Crippen LogP contribution in [0.3, 0.4) is 0 Å². The van der Waals surface area contributed by atoms with Crippen molar-refractivity contribution in [2.75, 3.05) is 18.4 Å². The van der Waals surface area contributed by atoms with Crippen molar-refractivity contribution in [2.24, 2.45) is 5.92 Å². The number of carbonyl (C=O) groups excluding carboxylic acids is 2. The summed E-state index contributed by atoms with van der Waals surface area (Å²) >= 11 is 0. The highest BCUT2D eigenvalue weighted by atomic mass is 16.2. The Bertz CT molecular complexity index is 469. The van der Waals surface area contributed by atoms with Crippen molar-refractivity contribution in [3.05, 3.63) is 12.3 Å². The molecule has 1 aromatic rings. The third-order valence-electron chi connectivity index (χ3n) is 3.37. The number of nitrogens with one attached hydrogen (secondary N) is 1. The molecular formula is C13H20N4O2. The normalized spacial score (nSPS) is 18.9. The summed E-state index contributed by atoms with van der Waals surface area (Å²) in [6, 6.07) is 1.78. The number of nitrogens with zero attached hydrogens (tertiary/aromatic N) is 3. The maximum atomic E-state index is 12.1. The highest BCUT2D eigenvalue weighted by Gasteiger charge is 2.33. The van der Waals surface area contributed by atoms with E-state index in [1.165, 1.54) is 0 Å². The lowest BCUT2D eigenvalue weighted by Gasteiger charge is -2.14. The van der Waals surface area contributed by atoms with Gasteiger partial charge in [-0.25, -0.2) is 4.68 Å². The van der Waals surface area contributed by atoms with Crippen molar-refractivity contribution in [3.8, 4) is 0 Å². The zero-order chi connectivity index (χ0) is 13.8. The van der Waals surface area contributed by atoms with E-state index in [-0.39, 0.29) is 17.7 Å². The molecule has 6 nitrogen and oxygen atoms in total. The molecule has 0 spiro atoms. The second-order valence-electron chi connectivity index (χ2n) is 4.76. The first-order chi connectivity index (χ1) is 9.15. The monoisotopic (exact) mass is 264 g/mol. The Hall–Kier alpha value is -1.85. The molecule has 1 atom stereocenters. The molecule has 6 heteroatoms.